The highest BCUT2D eigenvalue weighted by molar-refractivity contribution is 5.89. The molecular weight excluding hydrogens is 444 g/mol. The first-order valence-corrected chi connectivity index (χ1v) is 12.3. The Balaban J connectivity index is 1.42. The third-order valence-electron chi connectivity index (χ3n) is 6.65. The van der Waals surface area contributed by atoms with Crippen LogP contribution in [0.1, 0.15) is 63.5 Å². The molecule has 0 bridgehead atoms. The fraction of sp³-hybridized carbons (Fsp3) is 0.464. The minimum Gasteiger partial charge on any atom is -0.480 e. The maximum absolute atomic E-state index is 13.0. The molecule has 2 unspecified atom stereocenters. The number of rotatable bonds is 9. The monoisotopic (exact) mass is 478 g/mol. The highest BCUT2D eigenvalue weighted by atomic mass is 16.5. The molecule has 2 aliphatic carbocycles. The largest absolute Gasteiger partial charge is 0.480 e. The Morgan fingerprint density at radius 1 is 0.943 bits per heavy atom. The van der Waals surface area contributed by atoms with E-state index in [0.717, 1.165) is 35.1 Å². The Kier molecular flexibility index (Phi) is 7.15. The zero-order valence-corrected chi connectivity index (χ0v) is 20.5. The van der Waals surface area contributed by atoms with Crippen LogP contribution < -0.4 is 10.6 Å². The zero-order chi connectivity index (χ0) is 25.2. The van der Waals surface area contributed by atoms with Crippen molar-refractivity contribution in [1.29, 1.82) is 0 Å². The number of aliphatic carboxylic acids is 1. The normalized spacial score (nSPS) is 16.5. The lowest BCUT2D eigenvalue weighted by Crippen LogP contribution is -2.53. The average molecular weight is 479 g/mol. The van der Waals surface area contributed by atoms with Crippen LogP contribution in [0.4, 0.5) is 4.79 Å². The van der Waals surface area contributed by atoms with Crippen LogP contribution in [0.25, 0.3) is 11.1 Å². The van der Waals surface area contributed by atoms with Crippen LogP contribution in [0, 0.1) is 11.3 Å². The molecular formula is C28H34N2O5. The van der Waals surface area contributed by atoms with Crippen LogP contribution in [0.15, 0.2) is 48.5 Å². The minimum atomic E-state index is -1.05. The number of carbonyl (C=O) groups is 3. The number of fused-ring (bicyclic) bond motifs is 3. The number of carbonyl (C=O) groups excluding carboxylic acids is 2. The summed E-state index contributed by atoms with van der Waals surface area (Å²) in [6.07, 6.45) is 2.05. The van der Waals surface area contributed by atoms with Gasteiger partial charge < -0.3 is 20.5 Å². The number of carboxylic acids is 1. The number of nitrogens with one attached hydrogen (secondary N) is 2. The molecule has 4 rings (SSSR count). The molecule has 2 atom stereocenters. The number of hydrogen-bond acceptors (Lipinski definition) is 4. The molecule has 3 N–H and O–H groups in total. The van der Waals surface area contributed by atoms with Gasteiger partial charge in [-0.3, -0.25) is 4.79 Å². The van der Waals surface area contributed by atoms with E-state index in [9.17, 15) is 19.5 Å². The zero-order valence-electron chi connectivity index (χ0n) is 20.5. The molecule has 7 nitrogen and oxygen atoms in total. The van der Waals surface area contributed by atoms with Crippen LogP contribution >= 0.6 is 0 Å². The number of alkyl carbamates (subject to hydrolysis) is 1. The molecule has 0 heterocycles. The molecule has 2 aliphatic rings. The summed E-state index contributed by atoms with van der Waals surface area (Å²) in [6.45, 7) is 6.03. The maximum Gasteiger partial charge on any atom is 0.407 e. The van der Waals surface area contributed by atoms with Gasteiger partial charge in [0.25, 0.3) is 0 Å². The van der Waals surface area contributed by atoms with E-state index in [1.807, 2.05) is 57.2 Å². The molecule has 0 radical (unpaired) electrons. The van der Waals surface area contributed by atoms with E-state index in [0.29, 0.717) is 18.8 Å². The lowest BCUT2D eigenvalue weighted by atomic mass is 9.87. The van der Waals surface area contributed by atoms with Crippen molar-refractivity contribution in [2.24, 2.45) is 11.3 Å². The lowest BCUT2D eigenvalue weighted by Gasteiger charge is -2.27. The van der Waals surface area contributed by atoms with Crippen molar-refractivity contribution < 1.29 is 24.2 Å². The van der Waals surface area contributed by atoms with Crippen molar-refractivity contribution >= 4 is 18.0 Å². The van der Waals surface area contributed by atoms with Crippen molar-refractivity contribution in [3.8, 4) is 11.1 Å². The van der Waals surface area contributed by atoms with E-state index in [1.54, 1.807) is 0 Å². The van der Waals surface area contributed by atoms with Gasteiger partial charge in [0.05, 0.1) is 0 Å². The number of amides is 2. The summed E-state index contributed by atoms with van der Waals surface area (Å²) in [5, 5.41) is 14.9. The number of hydrogen-bond donors (Lipinski definition) is 3. The topological polar surface area (TPSA) is 105 Å². The van der Waals surface area contributed by atoms with Gasteiger partial charge in [-0.2, -0.15) is 0 Å². The van der Waals surface area contributed by atoms with E-state index < -0.39 is 30.1 Å². The lowest BCUT2D eigenvalue weighted by molar-refractivity contribution is -0.142. The highest BCUT2D eigenvalue weighted by Crippen LogP contribution is 2.44. The molecule has 2 aromatic rings. The summed E-state index contributed by atoms with van der Waals surface area (Å²) in [6, 6.07) is 14.3. The smallest absolute Gasteiger partial charge is 0.407 e. The van der Waals surface area contributed by atoms with E-state index in [2.05, 4.69) is 22.8 Å². The van der Waals surface area contributed by atoms with Gasteiger partial charge in [-0.05, 0) is 46.4 Å². The maximum atomic E-state index is 13.0. The van der Waals surface area contributed by atoms with Crippen molar-refractivity contribution in [3.63, 3.8) is 0 Å². The van der Waals surface area contributed by atoms with Crippen LogP contribution in [-0.4, -0.2) is 41.8 Å². The summed E-state index contributed by atoms with van der Waals surface area (Å²) in [4.78, 5) is 37.5. The predicted octanol–water partition coefficient (Wildman–Crippen LogP) is 4.70. The quantitative estimate of drug-likeness (QED) is 0.485. The van der Waals surface area contributed by atoms with Crippen LogP contribution in [0.2, 0.25) is 0 Å². The third kappa shape index (κ3) is 6.21. The molecule has 7 heteroatoms. The van der Waals surface area contributed by atoms with E-state index in [-0.39, 0.29) is 17.9 Å². The van der Waals surface area contributed by atoms with Gasteiger partial charge in [0.1, 0.15) is 18.7 Å². The molecule has 2 aromatic carbocycles. The Bertz CT molecular complexity index is 1060. The van der Waals surface area contributed by atoms with Crippen molar-refractivity contribution in [3.05, 3.63) is 59.7 Å². The van der Waals surface area contributed by atoms with Gasteiger partial charge in [-0.25, -0.2) is 9.59 Å². The Hall–Kier alpha value is -3.35. The van der Waals surface area contributed by atoms with E-state index >= 15 is 0 Å². The predicted molar refractivity (Wildman–Crippen MR) is 133 cm³/mol. The number of ether oxygens (including phenoxy) is 1. The molecule has 0 aliphatic heterocycles. The second kappa shape index (κ2) is 10.1. The van der Waals surface area contributed by atoms with Crippen LogP contribution in [0.3, 0.4) is 0 Å². The summed E-state index contributed by atoms with van der Waals surface area (Å²) in [5.74, 6) is -1.30. The van der Waals surface area contributed by atoms with Gasteiger partial charge in [0.15, 0.2) is 0 Å². The van der Waals surface area contributed by atoms with Gasteiger partial charge in [0, 0.05) is 5.92 Å². The third-order valence-corrected chi connectivity index (χ3v) is 6.65. The number of carboxylic acid groups (broad SMARTS) is 1. The fourth-order valence-corrected chi connectivity index (χ4v) is 4.78. The second-order valence-electron chi connectivity index (χ2n) is 10.9. The molecule has 2 amide bonds. The van der Waals surface area contributed by atoms with E-state index in [4.69, 9.17) is 4.74 Å². The second-order valence-corrected chi connectivity index (χ2v) is 10.9. The Morgan fingerprint density at radius 3 is 2.03 bits per heavy atom. The SMILES string of the molecule is CC(C)(C)CC(NC(=O)OCC1c2ccccc2-c2ccccc21)C(=O)NC(CC1CC1)C(=O)O. The van der Waals surface area contributed by atoms with E-state index in [1.165, 1.54) is 0 Å². The van der Waals surface area contributed by atoms with Gasteiger partial charge >= 0.3 is 12.1 Å². The molecule has 0 spiro atoms. The van der Waals surface area contributed by atoms with Crippen molar-refractivity contribution in [1.82, 2.24) is 10.6 Å². The van der Waals surface area contributed by atoms with Gasteiger partial charge in [-0.15, -0.1) is 0 Å². The highest BCUT2D eigenvalue weighted by Gasteiger charge is 2.34. The average Bonchev–Trinajstić information content (AvgIpc) is 3.56. The van der Waals surface area contributed by atoms with Crippen molar-refractivity contribution in [2.75, 3.05) is 6.61 Å². The summed E-state index contributed by atoms with van der Waals surface area (Å²) in [7, 11) is 0. The molecule has 35 heavy (non-hydrogen) atoms. The first-order valence-electron chi connectivity index (χ1n) is 12.3. The first kappa shape index (κ1) is 24.8. The molecule has 1 fully saturated rings. The van der Waals surface area contributed by atoms with Crippen molar-refractivity contribution in [2.45, 2.75) is 64.5 Å². The molecule has 186 valence electrons. The number of benzene rings is 2. The van der Waals surface area contributed by atoms with Gasteiger partial charge in [-0.1, -0.05) is 82.1 Å². The standard InChI is InChI=1S/C28H34N2O5/c1-28(2,3)15-24(25(31)29-23(26(32)33)14-17-12-13-17)30-27(34)35-16-22-20-10-6-4-8-18(20)19-9-5-7-11-21(19)22/h4-11,17,22-24H,12-16H2,1-3H3,(H,29,31)(H,30,34)(H,32,33). The summed E-state index contributed by atoms with van der Waals surface area (Å²) in [5.41, 5.74) is 4.22. The van der Waals surface area contributed by atoms with Crippen LogP contribution in [-0.2, 0) is 14.3 Å². The molecule has 1 saturated carbocycles. The summed E-state index contributed by atoms with van der Waals surface area (Å²) < 4.78 is 5.62. The minimum absolute atomic E-state index is 0.0852. The van der Waals surface area contributed by atoms with Gasteiger partial charge in [0.2, 0.25) is 5.91 Å². The summed E-state index contributed by atoms with van der Waals surface area (Å²) >= 11 is 0. The fourth-order valence-electron chi connectivity index (χ4n) is 4.78. The molecule has 0 aromatic heterocycles. The first-order chi connectivity index (χ1) is 16.6. The Labute approximate surface area is 206 Å². The van der Waals surface area contributed by atoms with Crippen LogP contribution in [0.5, 0.6) is 0 Å². The molecule has 0 saturated heterocycles. The Morgan fingerprint density at radius 2 is 1.51 bits per heavy atom.